The summed E-state index contributed by atoms with van der Waals surface area (Å²) < 4.78 is 56.5. The van der Waals surface area contributed by atoms with Crippen molar-refractivity contribution in [1.82, 2.24) is 0 Å². The van der Waals surface area contributed by atoms with Gasteiger partial charge in [0.2, 0.25) is 0 Å². The van der Waals surface area contributed by atoms with Crippen molar-refractivity contribution >= 4 is 12.4 Å². The summed E-state index contributed by atoms with van der Waals surface area (Å²) in [5, 5.41) is 0. The Morgan fingerprint density at radius 1 is 1.15 bits per heavy atom. The molecule has 6 heteroatoms. The van der Waals surface area contributed by atoms with Gasteiger partial charge in [-0.05, 0) is 37.7 Å². The molecule has 0 aliphatic heterocycles. The maximum atomic E-state index is 13.4. The van der Waals surface area contributed by atoms with E-state index in [1.165, 1.54) is 6.07 Å². The average molecular weight is 289 g/mol. The molecule has 0 unspecified atom stereocenters. The van der Waals surface area contributed by atoms with Gasteiger partial charge in [0.15, 0.2) is 0 Å². The van der Waals surface area contributed by atoms with E-state index >= 15 is 0 Å². The third-order valence-electron chi connectivity index (χ3n) is 4.00. The Kier molecular flexibility index (Phi) is 4.61. The maximum Gasteiger partial charge on any atom is 0.512 e. The first kappa shape index (κ1) is 15.2. The predicted octanol–water partition coefficient (Wildman–Crippen LogP) is 4.23. The quantitative estimate of drug-likeness (QED) is 0.595. The van der Waals surface area contributed by atoms with Gasteiger partial charge in [0, 0.05) is 6.07 Å². The molecule has 1 aliphatic rings. The van der Waals surface area contributed by atoms with E-state index in [9.17, 15) is 17.3 Å². The van der Waals surface area contributed by atoms with Crippen LogP contribution in [0, 0.1) is 11.7 Å². The molecule has 0 atom stereocenters. The molecule has 0 aromatic heterocycles. The SMILES string of the molecule is CCC1CCC(Oc2ccc([B-](F)(F)F)c(F)c2)CC1. The molecule has 0 spiro atoms. The summed E-state index contributed by atoms with van der Waals surface area (Å²) in [6.45, 7) is -3.16. The van der Waals surface area contributed by atoms with Crippen LogP contribution in [0.3, 0.4) is 0 Å². The van der Waals surface area contributed by atoms with E-state index in [1.54, 1.807) is 0 Å². The van der Waals surface area contributed by atoms with Crippen LogP contribution < -0.4 is 10.2 Å². The predicted molar refractivity (Wildman–Crippen MR) is 71.8 cm³/mol. The molecule has 0 amide bonds. The van der Waals surface area contributed by atoms with Crippen LogP contribution >= 0.6 is 0 Å². The number of halogens is 4. The second-order valence-corrected chi connectivity index (χ2v) is 5.43. The molecule has 1 aliphatic carbocycles. The van der Waals surface area contributed by atoms with E-state index in [0.29, 0.717) is 5.92 Å². The molecule has 1 aromatic rings. The zero-order valence-corrected chi connectivity index (χ0v) is 11.4. The van der Waals surface area contributed by atoms with Gasteiger partial charge in [-0.2, -0.15) is 0 Å². The fourth-order valence-corrected chi connectivity index (χ4v) is 2.70. The fourth-order valence-electron chi connectivity index (χ4n) is 2.70. The normalized spacial score (nSPS) is 23.6. The summed E-state index contributed by atoms with van der Waals surface area (Å²) in [7, 11) is 0. The van der Waals surface area contributed by atoms with Crippen molar-refractivity contribution in [3.8, 4) is 5.75 Å². The van der Waals surface area contributed by atoms with Gasteiger partial charge in [-0.15, -0.1) is 0 Å². The molecule has 1 saturated carbocycles. The summed E-state index contributed by atoms with van der Waals surface area (Å²) in [6.07, 6.45) is 5.01. The zero-order chi connectivity index (χ0) is 14.8. The monoisotopic (exact) mass is 289 g/mol. The Labute approximate surface area is 116 Å². The Balaban J connectivity index is 1.99. The zero-order valence-electron chi connectivity index (χ0n) is 11.4. The number of ether oxygens (including phenoxy) is 1. The second kappa shape index (κ2) is 6.06. The van der Waals surface area contributed by atoms with Gasteiger partial charge in [-0.3, -0.25) is 0 Å². The largest absolute Gasteiger partial charge is 0.512 e. The summed E-state index contributed by atoms with van der Waals surface area (Å²) >= 11 is 0. The van der Waals surface area contributed by atoms with Crippen LogP contribution in [-0.4, -0.2) is 13.1 Å². The number of rotatable bonds is 4. The van der Waals surface area contributed by atoms with Gasteiger partial charge in [0.25, 0.3) is 0 Å². The van der Waals surface area contributed by atoms with Crippen molar-refractivity contribution in [2.75, 3.05) is 0 Å². The molecule has 112 valence electrons. The van der Waals surface area contributed by atoms with Gasteiger partial charge >= 0.3 is 6.98 Å². The first-order valence-corrected chi connectivity index (χ1v) is 7.06. The topological polar surface area (TPSA) is 9.23 Å². The van der Waals surface area contributed by atoms with E-state index in [4.69, 9.17) is 4.74 Å². The molecule has 1 nitrogen and oxygen atoms in total. The van der Waals surface area contributed by atoms with Crippen LogP contribution in [0.1, 0.15) is 39.0 Å². The molecule has 0 bridgehead atoms. The highest BCUT2D eigenvalue weighted by Crippen LogP contribution is 2.29. The van der Waals surface area contributed by atoms with Crippen LogP contribution in [0.25, 0.3) is 0 Å². The summed E-state index contributed by atoms with van der Waals surface area (Å²) in [5.41, 5.74) is -1.19. The highest BCUT2D eigenvalue weighted by molar-refractivity contribution is 6.73. The van der Waals surface area contributed by atoms with Crippen molar-refractivity contribution in [2.24, 2.45) is 5.92 Å². The molecular weight excluding hydrogens is 271 g/mol. The first-order valence-electron chi connectivity index (χ1n) is 7.06. The van der Waals surface area contributed by atoms with Crippen molar-refractivity contribution in [3.63, 3.8) is 0 Å². The lowest BCUT2D eigenvalue weighted by Gasteiger charge is -2.28. The molecule has 2 rings (SSSR count). The molecule has 1 aromatic carbocycles. The van der Waals surface area contributed by atoms with Crippen molar-refractivity contribution in [1.29, 1.82) is 0 Å². The molecular formula is C14H18BF4O-. The number of hydrogen-bond acceptors (Lipinski definition) is 1. The van der Waals surface area contributed by atoms with Crippen LogP contribution in [0.15, 0.2) is 18.2 Å². The molecule has 20 heavy (non-hydrogen) atoms. The molecule has 1 fully saturated rings. The van der Waals surface area contributed by atoms with Gasteiger partial charge < -0.3 is 17.7 Å². The Morgan fingerprint density at radius 3 is 2.30 bits per heavy atom. The maximum absolute atomic E-state index is 13.4. The number of hydrogen-bond donors (Lipinski definition) is 0. The first-order chi connectivity index (χ1) is 9.40. The fraction of sp³-hybridized carbons (Fsp3) is 0.571. The van der Waals surface area contributed by atoms with Crippen LogP contribution in [0.4, 0.5) is 17.3 Å². The summed E-state index contributed by atoms with van der Waals surface area (Å²) in [5.74, 6) is -0.356. The van der Waals surface area contributed by atoms with Crippen LogP contribution in [0.2, 0.25) is 0 Å². The summed E-state index contributed by atoms with van der Waals surface area (Å²) in [4.78, 5) is 0. The van der Waals surface area contributed by atoms with E-state index in [2.05, 4.69) is 6.92 Å². The third-order valence-corrected chi connectivity index (χ3v) is 4.00. The van der Waals surface area contributed by atoms with Gasteiger partial charge in [0.1, 0.15) is 5.75 Å². The molecule has 0 radical (unpaired) electrons. The van der Waals surface area contributed by atoms with Crippen LogP contribution in [-0.2, 0) is 0 Å². The third kappa shape index (κ3) is 3.67. The van der Waals surface area contributed by atoms with Gasteiger partial charge in [0.05, 0.1) is 11.9 Å². The van der Waals surface area contributed by atoms with Crippen molar-refractivity contribution < 1.29 is 22.1 Å². The van der Waals surface area contributed by atoms with E-state index in [-0.39, 0.29) is 11.9 Å². The molecule has 0 saturated heterocycles. The standard InChI is InChI=1S/C14H18BF4O/c1-2-10-3-5-11(6-4-10)20-12-7-8-13(14(16)9-12)15(17,18)19/h7-11H,2-6H2,1H3/q-1. The highest BCUT2D eigenvalue weighted by atomic mass is 19.4. The minimum Gasteiger partial charge on any atom is -0.490 e. The highest BCUT2D eigenvalue weighted by Gasteiger charge is 2.29. The van der Waals surface area contributed by atoms with Crippen molar-refractivity contribution in [3.05, 3.63) is 24.0 Å². The van der Waals surface area contributed by atoms with Gasteiger partial charge in [-0.25, -0.2) is 4.39 Å². The Bertz CT molecular complexity index is 453. The number of benzene rings is 1. The lowest BCUT2D eigenvalue weighted by Crippen LogP contribution is -2.36. The molecule has 0 heterocycles. The average Bonchev–Trinajstić information content (AvgIpc) is 2.38. The lowest BCUT2D eigenvalue weighted by atomic mass is 9.80. The minimum atomic E-state index is -5.31. The lowest BCUT2D eigenvalue weighted by molar-refractivity contribution is 0.129. The smallest absolute Gasteiger partial charge is 0.490 e. The van der Waals surface area contributed by atoms with Gasteiger partial charge in [-0.1, -0.05) is 24.9 Å². The molecule has 0 N–H and O–H groups in total. The van der Waals surface area contributed by atoms with Crippen molar-refractivity contribution in [2.45, 2.75) is 45.1 Å². The van der Waals surface area contributed by atoms with E-state index in [1.807, 2.05) is 0 Å². The van der Waals surface area contributed by atoms with E-state index in [0.717, 1.165) is 44.2 Å². The summed E-state index contributed by atoms with van der Waals surface area (Å²) in [6, 6.07) is 2.82. The minimum absolute atomic E-state index is 0.0144. The Hall–Kier alpha value is -1.20. The van der Waals surface area contributed by atoms with Crippen LogP contribution in [0.5, 0.6) is 5.75 Å². The Morgan fingerprint density at radius 2 is 1.80 bits per heavy atom. The second-order valence-electron chi connectivity index (χ2n) is 5.43. The van der Waals surface area contributed by atoms with E-state index < -0.39 is 18.3 Å².